The Morgan fingerprint density at radius 2 is 2.27 bits per heavy atom. The van der Waals surface area contributed by atoms with E-state index in [0.29, 0.717) is 43.0 Å². The number of rotatable bonds is 4. The second-order valence-corrected chi connectivity index (χ2v) is 8.27. The number of nitrogens with zero attached hydrogens (tertiary/aromatic N) is 1. The van der Waals surface area contributed by atoms with Gasteiger partial charge in [0.05, 0.1) is 31.7 Å². The van der Waals surface area contributed by atoms with Crippen LogP contribution in [-0.4, -0.2) is 36.2 Å². The van der Waals surface area contributed by atoms with Crippen molar-refractivity contribution >= 4 is 0 Å². The van der Waals surface area contributed by atoms with Crippen LogP contribution in [0.3, 0.4) is 0 Å². The van der Waals surface area contributed by atoms with Crippen LogP contribution in [0.15, 0.2) is 30.6 Å². The van der Waals surface area contributed by atoms with Gasteiger partial charge in [0.15, 0.2) is 0 Å². The van der Waals surface area contributed by atoms with Crippen LogP contribution in [0.2, 0.25) is 0 Å². The Morgan fingerprint density at radius 3 is 3.12 bits per heavy atom. The van der Waals surface area contributed by atoms with Crippen molar-refractivity contribution in [2.45, 2.75) is 45.1 Å². The van der Waals surface area contributed by atoms with E-state index in [9.17, 15) is 5.11 Å². The predicted octanol–water partition coefficient (Wildman–Crippen LogP) is 3.93. The van der Waals surface area contributed by atoms with Crippen molar-refractivity contribution in [3.63, 3.8) is 0 Å². The third-order valence-corrected chi connectivity index (χ3v) is 6.92. The largest absolute Gasteiger partial charge is 0.506 e. The maximum absolute atomic E-state index is 9.53. The molecule has 2 heterocycles. The molecule has 2 saturated carbocycles. The van der Waals surface area contributed by atoms with Crippen molar-refractivity contribution in [2.24, 2.45) is 23.2 Å². The van der Waals surface area contributed by atoms with Crippen molar-refractivity contribution in [3.05, 3.63) is 30.6 Å². The molecule has 2 aliphatic carbocycles. The van der Waals surface area contributed by atoms with E-state index in [1.54, 1.807) is 12.3 Å². The molecule has 0 bridgehead atoms. The number of allylic oxidation sites excluding steroid dienone is 1. The number of hydrogen-bond acceptors (Lipinski definition) is 5. The first-order valence-electron chi connectivity index (χ1n) is 9.72. The van der Waals surface area contributed by atoms with Gasteiger partial charge in [-0.25, -0.2) is 0 Å². The summed E-state index contributed by atoms with van der Waals surface area (Å²) in [6.07, 6.45) is 8.93. The van der Waals surface area contributed by atoms with Gasteiger partial charge in [-0.2, -0.15) is 0 Å². The van der Waals surface area contributed by atoms with Crippen molar-refractivity contribution in [1.29, 1.82) is 0 Å². The van der Waals surface area contributed by atoms with Crippen molar-refractivity contribution < 1.29 is 19.3 Å². The van der Waals surface area contributed by atoms with Crippen molar-refractivity contribution in [1.82, 2.24) is 4.98 Å². The number of fused-ring (bicyclic) bond motifs is 3. The van der Waals surface area contributed by atoms with Gasteiger partial charge in [0.1, 0.15) is 18.3 Å². The Bertz CT molecular complexity index is 663. The lowest BCUT2D eigenvalue weighted by molar-refractivity contribution is -0.218. The number of ether oxygens (including phenoxy) is 3. The van der Waals surface area contributed by atoms with Crippen LogP contribution in [0.1, 0.15) is 39.0 Å². The highest BCUT2D eigenvalue weighted by atomic mass is 16.7. The number of pyridine rings is 1. The molecule has 0 aromatic carbocycles. The van der Waals surface area contributed by atoms with Gasteiger partial charge < -0.3 is 19.3 Å². The molecule has 26 heavy (non-hydrogen) atoms. The molecule has 5 heteroatoms. The molecule has 0 amide bonds. The standard InChI is InChI=1S/C21H29NO4/c1-14-3-4-19-17-12-24-13-26-20(17)5-7-21(19,2)18(14)6-8-25-16-9-15(23)10-22-11-16/h9-11,17-20,23H,1,3-8,12-13H2,2H3. The van der Waals surface area contributed by atoms with Crippen molar-refractivity contribution in [2.75, 3.05) is 20.0 Å². The normalized spacial score (nSPS) is 36.9. The van der Waals surface area contributed by atoms with Gasteiger partial charge in [0, 0.05) is 12.0 Å². The monoisotopic (exact) mass is 359 g/mol. The second kappa shape index (κ2) is 7.20. The molecule has 3 fully saturated rings. The minimum absolute atomic E-state index is 0.132. The second-order valence-electron chi connectivity index (χ2n) is 8.27. The maximum Gasteiger partial charge on any atom is 0.147 e. The van der Waals surface area contributed by atoms with Crippen LogP contribution < -0.4 is 4.74 Å². The van der Waals surface area contributed by atoms with Gasteiger partial charge in [0.25, 0.3) is 0 Å². The Balaban J connectivity index is 1.45. The number of aromatic hydroxyl groups is 1. The van der Waals surface area contributed by atoms with E-state index in [1.807, 2.05) is 0 Å². The Kier molecular flexibility index (Phi) is 4.93. The lowest BCUT2D eigenvalue weighted by atomic mass is 9.50. The summed E-state index contributed by atoms with van der Waals surface area (Å²) in [4.78, 5) is 3.97. The molecule has 4 rings (SSSR count). The van der Waals surface area contributed by atoms with E-state index in [-0.39, 0.29) is 11.2 Å². The molecule has 5 unspecified atom stereocenters. The lowest BCUT2D eigenvalue weighted by Gasteiger charge is -2.57. The lowest BCUT2D eigenvalue weighted by Crippen LogP contribution is -2.54. The van der Waals surface area contributed by atoms with E-state index in [2.05, 4.69) is 18.5 Å². The van der Waals surface area contributed by atoms with Crippen LogP contribution >= 0.6 is 0 Å². The third-order valence-electron chi connectivity index (χ3n) is 6.92. The molecule has 5 nitrogen and oxygen atoms in total. The highest BCUT2D eigenvalue weighted by Gasteiger charge is 2.53. The minimum Gasteiger partial charge on any atom is -0.506 e. The summed E-state index contributed by atoms with van der Waals surface area (Å²) >= 11 is 0. The van der Waals surface area contributed by atoms with E-state index < -0.39 is 0 Å². The first-order chi connectivity index (χ1) is 12.6. The zero-order valence-electron chi connectivity index (χ0n) is 15.5. The summed E-state index contributed by atoms with van der Waals surface area (Å²) < 4.78 is 17.4. The highest BCUT2D eigenvalue weighted by Crippen LogP contribution is 2.58. The summed E-state index contributed by atoms with van der Waals surface area (Å²) in [5.74, 6) is 2.33. The van der Waals surface area contributed by atoms with Gasteiger partial charge in [-0.15, -0.1) is 0 Å². The van der Waals surface area contributed by atoms with Crippen LogP contribution in [0.25, 0.3) is 0 Å². The molecule has 5 atom stereocenters. The Labute approximate surface area is 155 Å². The molecule has 1 aromatic heterocycles. The molecule has 142 valence electrons. The van der Waals surface area contributed by atoms with Gasteiger partial charge in [-0.05, 0) is 49.4 Å². The van der Waals surface area contributed by atoms with Gasteiger partial charge >= 0.3 is 0 Å². The average molecular weight is 359 g/mol. The highest BCUT2D eigenvalue weighted by molar-refractivity contribution is 5.26. The maximum atomic E-state index is 9.53. The molecule has 0 spiro atoms. The topological polar surface area (TPSA) is 60.8 Å². The van der Waals surface area contributed by atoms with Gasteiger partial charge in [0.2, 0.25) is 0 Å². The molecular formula is C21H29NO4. The number of aromatic nitrogens is 1. The summed E-state index contributed by atoms with van der Waals surface area (Å²) in [6, 6.07) is 1.61. The minimum atomic E-state index is 0.132. The van der Waals surface area contributed by atoms with Crippen LogP contribution in [0.4, 0.5) is 0 Å². The average Bonchev–Trinajstić information content (AvgIpc) is 2.63. The fraction of sp³-hybridized carbons (Fsp3) is 0.667. The zero-order valence-corrected chi connectivity index (χ0v) is 15.5. The van der Waals surface area contributed by atoms with E-state index >= 15 is 0 Å². The zero-order chi connectivity index (χ0) is 18.1. The van der Waals surface area contributed by atoms with Crippen LogP contribution in [0.5, 0.6) is 11.5 Å². The van der Waals surface area contributed by atoms with E-state index in [0.717, 1.165) is 25.9 Å². The summed E-state index contributed by atoms with van der Waals surface area (Å²) in [7, 11) is 0. The smallest absolute Gasteiger partial charge is 0.147 e. The quantitative estimate of drug-likeness (QED) is 0.826. The third kappa shape index (κ3) is 3.23. The fourth-order valence-electron chi connectivity index (χ4n) is 5.62. The Morgan fingerprint density at radius 1 is 1.38 bits per heavy atom. The molecule has 3 aliphatic rings. The van der Waals surface area contributed by atoms with E-state index in [4.69, 9.17) is 14.2 Å². The first-order valence-corrected chi connectivity index (χ1v) is 9.72. The first kappa shape index (κ1) is 17.8. The van der Waals surface area contributed by atoms with Crippen LogP contribution in [-0.2, 0) is 9.47 Å². The van der Waals surface area contributed by atoms with E-state index in [1.165, 1.54) is 24.6 Å². The molecular weight excluding hydrogens is 330 g/mol. The van der Waals surface area contributed by atoms with Crippen LogP contribution in [0, 0.1) is 23.2 Å². The molecule has 1 N–H and O–H groups in total. The predicted molar refractivity (Wildman–Crippen MR) is 97.9 cm³/mol. The summed E-state index contributed by atoms with van der Waals surface area (Å²) in [6.45, 7) is 8.73. The summed E-state index contributed by atoms with van der Waals surface area (Å²) in [5, 5.41) is 9.53. The molecule has 1 aromatic rings. The molecule has 0 radical (unpaired) electrons. The number of hydrogen-bond donors (Lipinski definition) is 1. The summed E-state index contributed by atoms with van der Waals surface area (Å²) in [5.41, 5.74) is 1.60. The molecule has 1 saturated heterocycles. The Hall–Kier alpha value is -1.59. The van der Waals surface area contributed by atoms with Gasteiger partial charge in [-0.1, -0.05) is 19.1 Å². The SMILES string of the molecule is C=C1CCC2C3COCOC3CCC2(C)C1CCOc1cncc(O)c1. The fourth-order valence-corrected chi connectivity index (χ4v) is 5.62. The molecule has 1 aliphatic heterocycles. The van der Waals surface area contributed by atoms with Gasteiger partial charge in [-0.3, -0.25) is 4.98 Å². The van der Waals surface area contributed by atoms with Crippen molar-refractivity contribution in [3.8, 4) is 11.5 Å².